The smallest absolute Gasteiger partial charge is 0.0143 e. The molecule has 0 radical (unpaired) electrons. The van der Waals surface area contributed by atoms with Crippen LogP contribution in [0.1, 0.15) is 38.5 Å². The average molecular weight is 276 g/mol. The molecule has 2 bridgehead atoms. The third kappa shape index (κ3) is 1.01. The molecule has 3 fully saturated rings. The van der Waals surface area contributed by atoms with Gasteiger partial charge >= 0.3 is 0 Å². The summed E-state index contributed by atoms with van der Waals surface area (Å²) >= 11 is 2.71. The SMILES string of the molecule is IC1CC2CC1C1CCCCC21. The van der Waals surface area contributed by atoms with Crippen LogP contribution in [-0.4, -0.2) is 3.92 Å². The quantitative estimate of drug-likeness (QED) is 0.468. The minimum Gasteiger partial charge on any atom is -0.0823 e. The molecule has 5 atom stereocenters. The van der Waals surface area contributed by atoms with Crippen molar-refractivity contribution in [3.05, 3.63) is 0 Å². The largest absolute Gasteiger partial charge is 0.0823 e. The van der Waals surface area contributed by atoms with Gasteiger partial charge in [0.05, 0.1) is 0 Å². The Morgan fingerprint density at radius 1 is 0.833 bits per heavy atom. The zero-order valence-corrected chi connectivity index (χ0v) is 9.66. The first kappa shape index (κ1) is 8.07. The molecule has 3 aliphatic rings. The summed E-state index contributed by atoms with van der Waals surface area (Å²) in [6.45, 7) is 0. The lowest BCUT2D eigenvalue weighted by Gasteiger charge is -2.37. The van der Waals surface area contributed by atoms with Crippen LogP contribution in [0.15, 0.2) is 0 Å². The Bertz CT molecular complexity index is 187. The second kappa shape index (κ2) is 2.86. The van der Waals surface area contributed by atoms with Crippen LogP contribution in [0, 0.1) is 23.7 Å². The van der Waals surface area contributed by atoms with Crippen LogP contribution in [0.4, 0.5) is 0 Å². The summed E-state index contributed by atoms with van der Waals surface area (Å²) in [5.41, 5.74) is 0. The molecule has 3 saturated carbocycles. The molecule has 1 heteroatoms. The Morgan fingerprint density at radius 3 is 2.42 bits per heavy atom. The third-order valence-corrected chi connectivity index (χ3v) is 6.03. The van der Waals surface area contributed by atoms with E-state index in [4.69, 9.17) is 0 Å². The van der Waals surface area contributed by atoms with E-state index in [9.17, 15) is 0 Å². The summed E-state index contributed by atoms with van der Waals surface area (Å²) in [5, 5.41) is 0. The van der Waals surface area contributed by atoms with E-state index in [1.807, 2.05) is 0 Å². The van der Waals surface area contributed by atoms with Crippen molar-refractivity contribution in [3.63, 3.8) is 0 Å². The lowest BCUT2D eigenvalue weighted by molar-refractivity contribution is 0.166. The Hall–Kier alpha value is 0.730. The predicted octanol–water partition coefficient (Wildman–Crippen LogP) is 3.64. The molecule has 0 heterocycles. The zero-order valence-electron chi connectivity index (χ0n) is 7.51. The molecule has 3 rings (SSSR count). The van der Waals surface area contributed by atoms with Crippen molar-refractivity contribution < 1.29 is 0 Å². The first-order valence-electron chi connectivity index (χ1n) is 5.50. The highest BCUT2D eigenvalue weighted by Crippen LogP contribution is 2.59. The normalized spacial score (nSPS) is 57.2. The monoisotopic (exact) mass is 276 g/mol. The summed E-state index contributed by atoms with van der Waals surface area (Å²) in [7, 11) is 0. The molecule has 0 aromatic carbocycles. The topological polar surface area (TPSA) is 0 Å². The first-order valence-corrected chi connectivity index (χ1v) is 6.75. The van der Waals surface area contributed by atoms with Crippen molar-refractivity contribution in [2.75, 3.05) is 0 Å². The molecule has 0 aromatic rings. The van der Waals surface area contributed by atoms with E-state index in [0.717, 1.165) is 15.8 Å². The first-order chi connectivity index (χ1) is 5.86. The van der Waals surface area contributed by atoms with E-state index in [2.05, 4.69) is 22.6 Å². The highest BCUT2D eigenvalue weighted by Gasteiger charge is 2.51. The molecule has 0 saturated heterocycles. The van der Waals surface area contributed by atoms with Gasteiger partial charge in [-0.1, -0.05) is 35.4 Å². The number of halogens is 1. The number of rotatable bonds is 0. The Kier molecular flexibility index (Phi) is 1.92. The molecule has 0 nitrogen and oxygen atoms in total. The van der Waals surface area contributed by atoms with Crippen LogP contribution in [0.5, 0.6) is 0 Å². The van der Waals surface area contributed by atoms with Crippen LogP contribution >= 0.6 is 22.6 Å². The number of hydrogen-bond acceptors (Lipinski definition) is 0. The van der Waals surface area contributed by atoms with Crippen molar-refractivity contribution in [1.82, 2.24) is 0 Å². The summed E-state index contributed by atoms with van der Waals surface area (Å²) < 4.78 is 1.05. The molecule has 0 aromatic heterocycles. The van der Waals surface area contributed by atoms with Gasteiger partial charge in [-0.3, -0.25) is 0 Å². The lowest BCUT2D eigenvalue weighted by atomic mass is 9.71. The van der Waals surface area contributed by atoms with Crippen LogP contribution in [0.25, 0.3) is 0 Å². The van der Waals surface area contributed by atoms with Crippen LogP contribution in [-0.2, 0) is 0 Å². The van der Waals surface area contributed by atoms with E-state index in [-0.39, 0.29) is 0 Å². The van der Waals surface area contributed by atoms with Gasteiger partial charge in [0.1, 0.15) is 0 Å². The molecule has 68 valence electrons. The van der Waals surface area contributed by atoms with Gasteiger partial charge in [-0.25, -0.2) is 0 Å². The molecular weight excluding hydrogens is 259 g/mol. The lowest BCUT2D eigenvalue weighted by Crippen LogP contribution is -2.30. The highest BCUT2D eigenvalue weighted by molar-refractivity contribution is 14.1. The van der Waals surface area contributed by atoms with Crippen molar-refractivity contribution in [1.29, 1.82) is 0 Å². The Labute approximate surface area is 88.6 Å². The Balaban J connectivity index is 1.84. The zero-order chi connectivity index (χ0) is 8.13. The fraction of sp³-hybridized carbons (Fsp3) is 1.00. The number of alkyl halides is 1. The van der Waals surface area contributed by atoms with E-state index in [0.29, 0.717) is 0 Å². The van der Waals surface area contributed by atoms with Crippen molar-refractivity contribution >= 4 is 22.6 Å². The highest BCUT2D eigenvalue weighted by atomic mass is 127. The summed E-state index contributed by atoms with van der Waals surface area (Å²) in [5.74, 6) is 4.64. The molecule has 12 heavy (non-hydrogen) atoms. The predicted molar refractivity (Wildman–Crippen MR) is 59.5 cm³/mol. The second-order valence-corrected chi connectivity index (χ2v) is 6.62. The molecule has 0 spiro atoms. The fourth-order valence-corrected chi connectivity index (χ4v) is 5.64. The van der Waals surface area contributed by atoms with Gasteiger partial charge in [0, 0.05) is 3.92 Å². The van der Waals surface area contributed by atoms with Crippen molar-refractivity contribution in [2.24, 2.45) is 23.7 Å². The van der Waals surface area contributed by atoms with E-state index < -0.39 is 0 Å². The maximum atomic E-state index is 2.71. The van der Waals surface area contributed by atoms with Crippen LogP contribution < -0.4 is 0 Å². The summed E-state index contributed by atoms with van der Waals surface area (Å²) in [4.78, 5) is 0. The molecule has 0 N–H and O–H groups in total. The van der Waals surface area contributed by atoms with Crippen molar-refractivity contribution in [3.8, 4) is 0 Å². The molecule has 5 unspecified atom stereocenters. The molecule has 0 aliphatic heterocycles. The Morgan fingerprint density at radius 2 is 1.58 bits per heavy atom. The maximum Gasteiger partial charge on any atom is 0.0143 e. The van der Waals surface area contributed by atoms with E-state index in [1.54, 1.807) is 25.7 Å². The van der Waals surface area contributed by atoms with Gasteiger partial charge in [0.25, 0.3) is 0 Å². The van der Waals surface area contributed by atoms with Crippen molar-refractivity contribution in [2.45, 2.75) is 42.4 Å². The van der Waals surface area contributed by atoms with Gasteiger partial charge in [-0.15, -0.1) is 0 Å². The minimum atomic E-state index is 1.05. The third-order valence-electron chi connectivity index (χ3n) is 4.60. The summed E-state index contributed by atoms with van der Waals surface area (Å²) in [6.07, 6.45) is 9.39. The number of hydrogen-bond donors (Lipinski definition) is 0. The van der Waals surface area contributed by atoms with Gasteiger partial charge in [0.2, 0.25) is 0 Å². The van der Waals surface area contributed by atoms with Gasteiger partial charge in [-0.2, -0.15) is 0 Å². The van der Waals surface area contributed by atoms with E-state index in [1.165, 1.54) is 24.7 Å². The molecular formula is C11H17I. The summed E-state index contributed by atoms with van der Waals surface area (Å²) in [6, 6.07) is 0. The number of fused-ring (bicyclic) bond motifs is 5. The van der Waals surface area contributed by atoms with Gasteiger partial charge in [-0.05, 0) is 49.4 Å². The standard InChI is InChI=1S/C11H17I/c12-11-6-7-5-10(11)9-4-2-1-3-8(7)9/h7-11H,1-6H2. The second-order valence-electron chi connectivity index (χ2n) is 5.02. The van der Waals surface area contributed by atoms with Gasteiger partial charge in [0.15, 0.2) is 0 Å². The average Bonchev–Trinajstić information content (AvgIpc) is 2.62. The van der Waals surface area contributed by atoms with Gasteiger partial charge < -0.3 is 0 Å². The maximum absolute atomic E-state index is 2.71. The molecule has 0 amide bonds. The van der Waals surface area contributed by atoms with E-state index >= 15 is 0 Å². The fourth-order valence-electron chi connectivity index (χ4n) is 4.16. The molecule has 3 aliphatic carbocycles. The van der Waals surface area contributed by atoms with Crippen LogP contribution in [0.3, 0.4) is 0 Å². The van der Waals surface area contributed by atoms with Crippen LogP contribution in [0.2, 0.25) is 0 Å². The minimum absolute atomic E-state index is 1.05.